The fourth-order valence-corrected chi connectivity index (χ4v) is 2.17. The van der Waals surface area contributed by atoms with Crippen molar-refractivity contribution in [1.29, 1.82) is 0 Å². The van der Waals surface area contributed by atoms with E-state index in [4.69, 9.17) is 0 Å². The molecule has 0 aromatic carbocycles. The fourth-order valence-electron chi connectivity index (χ4n) is 2.17. The van der Waals surface area contributed by atoms with Crippen LogP contribution >= 0.6 is 0 Å². The van der Waals surface area contributed by atoms with Gasteiger partial charge < -0.3 is 4.48 Å². The van der Waals surface area contributed by atoms with Gasteiger partial charge in [-0.2, -0.15) is 0 Å². The Morgan fingerprint density at radius 3 is 2.36 bits per heavy atom. The molecule has 0 amide bonds. The molecule has 0 aromatic rings. The monoisotopic (exact) mass is 152 g/mol. The Balaban J connectivity index is 1.85. The summed E-state index contributed by atoms with van der Waals surface area (Å²) in [6.45, 7) is 14.3. The van der Waals surface area contributed by atoms with E-state index in [1.54, 1.807) is 0 Å². The van der Waals surface area contributed by atoms with Crippen LogP contribution in [0.5, 0.6) is 0 Å². The quantitative estimate of drug-likeness (QED) is 0.321. The highest BCUT2D eigenvalue weighted by atomic mass is 15.5. The van der Waals surface area contributed by atoms with Gasteiger partial charge in [0.05, 0.1) is 19.0 Å². The number of nitrogens with zero attached hydrogens (tertiary/aromatic N) is 1. The highest BCUT2D eigenvalue weighted by Gasteiger charge is 2.55. The average Bonchev–Trinajstić information content (AvgIpc) is 2.60. The molecule has 0 aliphatic carbocycles. The summed E-state index contributed by atoms with van der Waals surface area (Å²) in [5.74, 6) is 1.72. The number of hydrogen-bond donors (Lipinski definition) is 0. The Morgan fingerprint density at radius 2 is 2.00 bits per heavy atom. The molecule has 62 valence electrons. The Labute approximate surface area is 69.3 Å². The minimum absolute atomic E-state index is 0.763. The lowest BCUT2D eigenvalue weighted by Crippen LogP contribution is -2.52. The zero-order chi connectivity index (χ0) is 8.06. The molecule has 2 aliphatic rings. The Bertz CT molecular complexity index is 183. The van der Waals surface area contributed by atoms with Crippen LogP contribution in [-0.2, 0) is 0 Å². The molecule has 2 aliphatic heterocycles. The maximum absolute atomic E-state index is 4.02. The molecular formula is C10H18N+. The van der Waals surface area contributed by atoms with Gasteiger partial charge in [0, 0.05) is 0 Å². The van der Waals surface area contributed by atoms with E-state index in [-0.39, 0.29) is 0 Å². The Kier molecular flexibility index (Phi) is 1.40. The molecule has 0 bridgehead atoms. The summed E-state index contributed by atoms with van der Waals surface area (Å²) in [7, 11) is 0. The lowest BCUT2D eigenvalue weighted by molar-refractivity contribution is -0.856. The van der Waals surface area contributed by atoms with E-state index in [1.165, 1.54) is 36.2 Å². The third-order valence-electron chi connectivity index (χ3n) is 3.58. The van der Waals surface area contributed by atoms with Crippen LogP contribution in [-0.4, -0.2) is 30.7 Å². The molecule has 11 heavy (non-hydrogen) atoms. The van der Waals surface area contributed by atoms with E-state index in [0.29, 0.717) is 0 Å². The van der Waals surface area contributed by atoms with Gasteiger partial charge in [0.2, 0.25) is 0 Å². The first-order valence-corrected chi connectivity index (χ1v) is 4.63. The summed E-state index contributed by atoms with van der Waals surface area (Å²) in [4.78, 5) is 0. The maximum Gasteiger partial charge on any atom is 0.129 e. The molecule has 1 nitrogen and oxygen atoms in total. The zero-order valence-corrected chi connectivity index (χ0v) is 7.64. The van der Waals surface area contributed by atoms with Gasteiger partial charge in [-0.1, -0.05) is 19.1 Å². The van der Waals surface area contributed by atoms with Crippen LogP contribution in [0.2, 0.25) is 0 Å². The lowest BCUT2D eigenvalue weighted by atomic mass is 9.83. The molecule has 0 radical (unpaired) electrons. The molecule has 1 unspecified atom stereocenters. The summed E-state index contributed by atoms with van der Waals surface area (Å²) in [6, 6.07) is 0. The summed E-state index contributed by atoms with van der Waals surface area (Å²) >= 11 is 0. The summed E-state index contributed by atoms with van der Waals surface area (Å²) in [5.41, 5.74) is 1.37. The number of hydrogen-bond acceptors (Lipinski definition) is 0. The topological polar surface area (TPSA) is 0 Å². The molecule has 0 aromatic heterocycles. The molecule has 2 heterocycles. The van der Waals surface area contributed by atoms with Crippen LogP contribution in [0.3, 0.4) is 0 Å². The zero-order valence-electron chi connectivity index (χ0n) is 7.64. The molecular weight excluding hydrogens is 134 g/mol. The lowest BCUT2D eigenvalue weighted by Gasteiger charge is -2.39. The predicted octanol–water partition coefficient (Wildman–Crippen LogP) is 1.66. The van der Waals surface area contributed by atoms with Crippen LogP contribution in [0.15, 0.2) is 12.2 Å². The maximum atomic E-state index is 4.02. The smallest absolute Gasteiger partial charge is 0.129 e. The third-order valence-corrected chi connectivity index (χ3v) is 3.58. The van der Waals surface area contributed by atoms with Crippen LogP contribution in [0.1, 0.15) is 13.8 Å². The second-order valence-electron chi connectivity index (χ2n) is 4.55. The van der Waals surface area contributed by atoms with Gasteiger partial charge in [0.15, 0.2) is 0 Å². The van der Waals surface area contributed by atoms with Gasteiger partial charge in [-0.25, -0.2) is 0 Å². The van der Waals surface area contributed by atoms with Gasteiger partial charge in [0.25, 0.3) is 0 Å². The Hall–Kier alpha value is -0.300. The van der Waals surface area contributed by atoms with Crippen molar-refractivity contribution in [2.45, 2.75) is 13.8 Å². The van der Waals surface area contributed by atoms with E-state index >= 15 is 0 Å². The van der Waals surface area contributed by atoms with Crippen LogP contribution in [0.25, 0.3) is 0 Å². The molecule has 1 heteroatoms. The van der Waals surface area contributed by atoms with Crippen molar-refractivity contribution in [2.75, 3.05) is 26.2 Å². The highest BCUT2D eigenvalue weighted by molar-refractivity contribution is 4.99. The molecule has 1 atom stereocenters. The largest absolute Gasteiger partial charge is 0.313 e. The summed E-state index contributed by atoms with van der Waals surface area (Å²) in [6.07, 6.45) is 0. The van der Waals surface area contributed by atoms with E-state index in [1.807, 2.05) is 0 Å². The van der Waals surface area contributed by atoms with Crippen molar-refractivity contribution in [3.63, 3.8) is 0 Å². The Morgan fingerprint density at radius 1 is 1.45 bits per heavy atom. The third kappa shape index (κ3) is 1.12. The van der Waals surface area contributed by atoms with Crippen molar-refractivity contribution in [3.05, 3.63) is 12.2 Å². The second kappa shape index (κ2) is 2.10. The summed E-state index contributed by atoms with van der Waals surface area (Å²) < 4.78 is 1.45. The van der Waals surface area contributed by atoms with Gasteiger partial charge >= 0.3 is 0 Å². The van der Waals surface area contributed by atoms with E-state index in [2.05, 4.69) is 20.4 Å². The van der Waals surface area contributed by atoms with Crippen LogP contribution in [0.4, 0.5) is 0 Å². The first kappa shape index (κ1) is 7.35. The first-order chi connectivity index (χ1) is 5.13. The molecule has 0 saturated carbocycles. The van der Waals surface area contributed by atoms with E-state index in [0.717, 1.165) is 11.8 Å². The van der Waals surface area contributed by atoms with Crippen molar-refractivity contribution >= 4 is 0 Å². The van der Waals surface area contributed by atoms with Crippen molar-refractivity contribution in [2.24, 2.45) is 11.8 Å². The standard InChI is InChI=1S/C10H18N/c1-8(2)9(3)10-6-11(7-10)4-5-11/h9-10H,1,4-7H2,2-3H3/q+1. The number of allylic oxidation sites excluding steroid dienone is 1. The van der Waals surface area contributed by atoms with Gasteiger partial charge in [-0.15, -0.1) is 0 Å². The van der Waals surface area contributed by atoms with Gasteiger partial charge in [-0.3, -0.25) is 0 Å². The molecule has 2 rings (SSSR count). The second-order valence-corrected chi connectivity index (χ2v) is 4.55. The number of quaternary nitrogens is 1. The fraction of sp³-hybridized carbons (Fsp3) is 0.800. The van der Waals surface area contributed by atoms with Crippen LogP contribution in [0, 0.1) is 11.8 Å². The average molecular weight is 152 g/mol. The minimum atomic E-state index is 0.763. The van der Waals surface area contributed by atoms with E-state index < -0.39 is 0 Å². The first-order valence-electron chi connectivity index (χ1n) is 4.63. The normalized spacial score (nSPS) is 29.6. The SMILES string of the molecule is C=C(C)C(C)C1C[N+]2(CC2)C1. The predicted molar refractivity (Wildman–Crippen MR) is 47.2 cm³/mol. The molecule has 1 spiro atoms. The molecule has 2 saturated heterocycles. The minimum Gasteiger partial charge on any atom is -0.313 e. The molecule has 2 fully saturated rings. The molecule has 0 N–H and O–H groups in total. The van der Waals surface area contributed by atoms with Crippen LogP contribution < -0.4 is 0 Å². The van der Waals surface area contributed by atoms with Crippen molar-refractivity contribution in [3.8, 4) is 0 Å². The van der Waals surface area contributed by atoms with Gasteiger partial charge in [0.1, 0.15) is 13.1 Å². The number of rotatable bonds is 2. The highest BCUT2D eigenvalue weighted by Crippen LogP contribution is 2.39. The summed E-state index contributed by atoms with van der Waals surface area (Å²) in [5, 5.41) is 0. The van der Waals surface area contributed by atoms with Gasteiger partial charge in [-0.05, 0) is 12.8 Å². The van der Waals surface area contributed by atoms with Crippen molar-refractivity contribution < 1.29 is 4.48 Å². The van der Waals surface area contributed by atoms with Crippen molar-refractivity contribution in [1.82, 2.24) is 0 Å². The van der Waals surface area contributed by atoms with E-state index in [9.17, 15) is 0 Å².